The van der Waals surface area contributed by atoms with Gasteiger partial charge in [-0.25, -0.2) is 4.52 Å². The number of pyridine rings is 1. The van der Waals surface area contributed by atoms with Crippen molar-refractivity contribution in [2.45, 2.75) is 19.8 Å². The van der Waals surface area contributed by atoms with Crippen LogP contribution in [-0.2, 0) is 0 Å². The van der Waals surface area contributed by atoms with Gasteiger partial charge in [-0.2, -0.15) is 4.98 Å². The van der Waals surface area contributed by atoms with Gasteiger partial charge in [0.15, 0.2) is 5.65 Å². The summed E-state index contributed by atoms with van der Waals surface area (Å²) in [5, 5.41) is 4.25. The van der Waals surface area contributed by atoms with E-state index in [1.165, 1.54) is 5.56 Å². The van der Waals surface area contributed by atoms with E-state index in [0.717, 1.165) is 16.9 Å². The molecule has 0 saturated carbocycles. The second-order valence-corrected chi connectivity index (χ2v) is 4.93. The van der Waals surface area contributed by atoms with E-state index < -0.39 is 0 Å². The largest absolute Gasteiger partial charge is 0.366 e. The number of rotatable bonds is 2. The van der Waals surface area contributed by atoms with Gasteiger partial charge in [-0.3, -0.25) is 0 Å². The summed E-state index contributed by atoms with van der Waals surface area (Å²) in [5.41, 5.74) is 9.88. The standard InChI is InChI=1S/C15H16N4/c1-10(2)11-5-3-6-12(9-11)13-7-4-8-14-17-15(16)18-19(13)14/h3-10H,1-2H3,(H2,16,18). The van der Waals surface area contributed by atoms with Crippen molar-refractivity contribution in [2.24, 2.45) is 0 Å². The zero-order chi connectivity index (χ0) is 13.4. The lowest BCUT2D eigenvalue weighted by Crippen LogP contribution is -1.96. The molecule has 2 heterocycles. The predicted octanol–water partition coefficient (Wildman–Crippen LogP) is 3.10. The minimum Gasteiger partial charge on any atom is -0.366 e. The van der Waals surface area contributed by atoms with Crippen molar-refractivity contribution in [3.8, 4) is 11.3 Å². The molecule has 3 aromatic rings. The van der Waals surface area contributed by atoms with E-state index in [2.05, 4.69) is 48.2 Å². The molecule has 1 aromatic carbocycles. The molecule has 0 unspecified atom stereocenters. The molecule has 0 aliphatic rings. The van der Waals surface area contributed by atoms with Crippen LogP contribution in [0.25, 0.3) is 16.9 Å². The van der Waals surface area contributed by atoms with Crippen molar-refractivity contribution in [3.63, 3.8) is 0 Å². The Morgan fingerprint density at radius 3 is 2.68 bits per heavy atom. The van der Waals surface area contributed by atoms with Crippen LogP contribution in [0.3, 0.4) is 0 Å². The number of hydrogen-bond donors (Lipinski definition) is 1. The predicted molar refractivity (Wildman–Crippen MR) is 76.9 cm³/mol. The monoisotopic (exact) mass is 252 g/mol. The molecule has 3 rings (SSSR count). The first-order chi connectivity index (χ1) is 9.15. The Bertz CT molecular complexity index is 728. The van der Waals surface area contributed by atoms with E-state index >= 15 is 0 Å². The number of nitrogen functional groups attached to an aromatic ring is 1. The molecule has 0 saturated heterocycles. The van der Waals surface area contributed by atoms with E-state index in [0.29, 0.717) is 11.9 Å². The fourth-order valence-electron chi connectivity index (χ4n) is 2.20. The second kappa shape index (κ2) is 4.39. The average molecular weight is 252 g/mol. The summed E-state index contributed by atoms with van der Waals surface area (Å²) >= 11 is 0. The van der Waals surface area contributed by atoms with Gasteiger partial charge in [0, 0.05) is 5.56 Å². The van der Waals surface area contributed by atoms with E-state index in [4.69, 9.17) is 5.73 Å². The number of nitrogens with zero attached hydrogens (tertiary/aromatic N) is 3. The van der Waals surface area contributed by atoms with Crippen LogP contribution in [0.4, 0.5) is 5.95 Å². The molecule has 0 radical (unpaired) electrons. The van der Waals surface area contributed by atoms with Crippen LogP contribution >= 0.6 is 0 Å². The molecular formula is C15H16N4. The Hall–Kier alpha value is -2.36. The first-order valence-corrected chi connectivity index (χ1v) is 6.37. The molecule has 4 heteroatoms. The van der Waals surface area contributed by atoms with Crippen LogP contribution in [0.5, 0.6) is 0 Å². The first-order valence-electron chi connectivity index (χ1n) is 6.37. The summed E-state index contributed by atoms with van der Waals surface area (Å²) in [6, 6.07) is 14.4. The molecule has 0 aliphatic carbocycles. The molecule has 4 nitrogen and oxygen atoms in total. The maximum absolute atomic E-state index is 5.67. The Morgan fingerprint density at radius 2 is 1.89 bits per heavy atom. The molecule has 0 spiro atoms. The van der Waals surface area contributed by atoms with Gasteiger partial charge in [0.25, 0.3) is 0 Å². The highest BCUT2D eigenvalue weighted by atomic mass is 15.3. The molecule has 0 bridgehead atoms. The molecule has 2 aromatic heterocycles. The lowest BCUT2D eigenvalue weighted by molar-refractivity contribution is 0.866. The summed E-state index contributed by atoms with van der Waals surface area (Å²) in [4.78, 5) is 4.19. The minimum absolute atomic E-state index is 0.299. The quantitative estimate of drug-likeness (QED) is 0.762. The fraction of sp³-hybridized carbons (Fsp3) is 0.200. The summed E-state index contributed by atoms with van der Waals surface area (Å²) < 4.78 is 1.79. The lowest BCUT2D eigenvalue weighted by Gasteiger charge is -2.09. The van der Waals surface area contributed by atoms with Crippen molar-refractivity contribution in [3.05, 3.63) is 48.0 Å². The number of benzene rings is 1. The lowest BCUT2D eigenvalue weighted by atomic mass is 9.99. The van der Waals surface area contributed by atoms with Gasteiger partial charge < -0.3 is 5.73 Å². The summed E-state index contributed by atoms with van der Waals surface area (Å²) in [6.45, 7) is 4.38. The number of anilines is 1. The number of aromatic nitrogens is 3. The van der Waals surface area contributed by atoms with Gasteiger partial charge in [0.1, 0.15) is 0 Å². The first kappa shape index (κ1) is 11.7. The highest BCUT2D eigenvalue weighted by molar-refractivity contribution is 5.64. The molecule has 19 heavy (non-hydrogen) atoms. The maximum Gasteiger partial charge on any atom is 0.240 e. The highest BCUT2D eigenvalue weighted by Gasteiger charge is 2.08. The van der Waals surface area contributed by atoms with Crippen molar-refractivity contribution < 1.29 is 0 Å². The second-order valence-electron chi connectivity index (χ2n) is 4.93. The van der Waals surface area contributed by atoms with Gasteiger partial charge in [-0.15, -0.1) is 5.10 Å². The highest BCUT2D eigenvalue weighted by Crippen LogP contribution is 2.24. The Kier molecular flexibility index (Phi) is 2.71. The molecule has 0 amide bonds. The number of nitrogens with two attached hydrogens (primary N) is 1. The van der Waals surface area contributed by atoms with Gasteiger partial charge >= 0.3 is 0 Å². The normalized spacial score (nSPS) is 11.3. The topological polar surface area (TPSA) is 56.2 Å². The molecule has 96 valence electrons. The molecule has 0 aliphatic heterocycles. The Labute approximate surface area is 111 Å². The van der Waals surface area contributed by atoms with Crippen molar-refractivity contribution in [1.82, 2.24) is 14.6 Å². The zero-order valence-corrected chi connectivity index (χ0v) is 11.0. The van der Waals surface area contributed by atoms with Crippen LogP contribution in [0.2, 0.25) is 0 Å². The van der Waals surface area contributed by atoms with Crippen molar-refractivity contribution in [2.75, 3.05) is 5.73 Å². The van der Waals surface area contributed by atoms with Crippen LogP contribution in [0.1, 0.15) is 25.3 Å². The van der Waals surface area contributed by atoms with Gasteiger partial charge in [0.2, 0.25) is 5.95 Å². The van der Waals surface area contributed by atoms with Gasteiger partial charge in [0.05, 0.1) is 5.69 Å². The average Bonchev–Trinajstić information content (AvgIpc) is 2.78. The van der Waals surface area contributed by atoms with E-state index in [1.807, 2.05) is 18.2 Å². The zero-order valence-electron chi connectivity index (χ0n) is 11.0. The molecule has 2 N–H and O–H groups in total. The van der Waals surface area contributed by atoms with Crippen LogP contribution in [-0.4, -0.2) is 14.6 Å². The number of fused-ring (bicyclic) bond motifs is 1. The maximum atomic E-state index is 5.67. The Morgan fingerprint density at radius 1 is 1.11 bits per heavy atom. The van der Waals surface area contributed by atoms with Crippen LogP contribution in [0.15, 0.2) is 42.5 Å². The summed E-state index contributed by atoms with van der Waals surface area (Å²) in [7, 11) is 0. The van der Waals surface area contributed by atoms with Crippen LogP contribution < -0.4 is 5.73 Å². The number of hydrogen-bond acceptors (Lipinski definition) is 3. The van der Waals surface area contributed by atoms with Crippen molar-refractivity contribution in [1.29, 1.82) is 0 Å². The summed E-state index contributed by atoms with van der Waals surface area (Å²) in [5.74, 6) is 0.799. The van der Waals surface area contributed by atoms with E-state index in [9.17, 15) is 0 Å². The fourth-order valence-corrected chi connectivity index (χ4v) is 2.20. The van der Waals surface area contributed by atoms with Crippen LogP contribution in [0, 0.1) is 0 Å². The summed E-state index contributed by atoms with van der Waals surface area (Å²) in [6.07, 6.45) is 0. The Balaban J connectivity index is 2.21. The van der Waals surface area contributed by atoms with E-state index in [-0.39, 0.29) is 0 Å². The third-order valence-electron chi connectivity index (χ3n) is 3.23. The van der Waals surface area contributed by atoms with Gasteiger partial charge in [-0.1, -0.05) is 38.1 Å². The molecule has 0 atom stereocenters. The van der Waals surface area contributed by atoms with E-state index in [1.54, 1.807) is 4.52 Å². The third kappa shape index (κ3) is 2.05. The SMILES string of the molecule is CC(C)c1cccc(-c2cccc3nc(N)nn23)c1. The third-order valence-corrected chi connectivity index (χ3v) is 3.23. The smallest absolute Gasteiger partial charge is 0.240 e. The molecular weight excluding hydrogens is 236 g/mol. The van der Waals surface area contributed by atoms with Gasteiger partial charge in [-0.05, 0) is 29.7 Å². The van der Waals surface area contributed by atoms with Crippen molar-refractivity contribution >= 4 is 11.6 Å². The molecule has 0 fully saturated rings. The minimum atomic E-state index is 0.299.